The van der Waals surface area contributed by atoms with Crippen molar-refractivity contribution in [2.75, 3.05) is 7.11 Å². The van der Waals surface area contributed by atoms with E-state index in [-0.39, 0.29) is 5.56 Å². The largest absolute Gasteiger partial charge is 0.495 e. The first kappa shape index (κ1) is 20.3. The molecule has 0 unspecified atom stereocenters. The van der Waals surface area contributed by atoms with Crippen molar-refractivity contribution in [3.05, 3.63) is 94.2 Å². The number of pyridine rings is 1. The molecule has 32 heavy (non-hydrogen) atoms. The summed E-state index contributed by atoms with van der Waals surface area (Å²) < 4.78 is 9.26. The van der Waals surface area contributed by atoms with Crippen LogP contribution in [0.1, 0.15) is 16.8 Å². The SMILES string of the molecule is COc1ccc(C)cc1-n1c(SCc2cn3cccc(C)c3n2)nc2ccccc2c1=O. The van der Waals surface area contributed by atoms with Gasteiger partial charge >= 0.3 is 0 Å². The Hall–Kier alpha value is -3.58. The monoisotopic (exact) mass is 442 g/mol. The van der Waals surface area contributed by atoms with Crippen LogP contribution < -0.4 is 10.3 Å². The molecule has 0 radical (unpaired) electrons. The predicted octanol–water partition coefficient (Wildman–Crippen LogP) is 4.95. The first-order chi connectivity index (χ1) is 15.5. The fourth-order valence-corrected chi connectivity index (χ4v) is 4.70. The van der Waals surface area contributed by atoms with Gasteiger partial charge in [-0.05, 0) is 55.3 Å². The molecule has 7 heteroatoms. The van der Waals surface area contributed by atoms with Crippen LogP contribution in [0.15, 0.2) is 76.9 Å². The van der Waals surface area contributed by atoms with Crippen molar-refractivity contribution in [3.8, 4) is 11.4 Å². The predicted molar refractivity (Wildman–Crippen MR) is 128 cm³/mol. The molecule has 5 rings (SSSR count). The Labute approximate surface area is 189 Å². The van der Waals surface area contributed by atoms with E-state index >= 15 is 0 Å². The Balaban J connectivity index is 1.64. The van der Waals surface area contributed by atoms with Crippen molar-refractivity contribution in [2.45, 2.75) is 24.8 Å². The van der Waals surface area contributed by atoms with Crippen LogP contribution in [-0.2, 0) is 5.75 Å². The van der Waals surface area contributed by atoms with Gasteiger partial charge in [-0.2, -0.15) is 0 Å². The fraction of sp³-hybridized carbons (Fsp3) is 0.160. The minimum Gasteiger partial charge on any atom is -0.495 e. The van der Waals surface area contributed by atoms with Gasteiger partial charge in [0.25, 0.3) is 5.56 Å². The van der Waals surface area contributed by atoms with Crippen LogP contribution in [0.2, 0.25) is 0 Å². The summed E-state index contributed by atoms with van der Waals surface area (Å²) in [5.41, 5.74) is 5.26. The normalized spacial score (nSPS) is 11.3. The number of rotatable bonds is 5. The second-order valence-corrected chi connectivity index (χ2v) is 8.61. The van der Waals surface area contributed by atoms with Gasteiger partial charge in [-0.1, -0.05) is 36.0 Å². The number of para-hydroxylation sites is 1. The molecule has 0 aliphatic heterocycles. The van der Waals surface area contributed by atoms with Crippen LogP contribution in [0.4, 0.5) is 0 Å². The number of fused-ring (bicyclic) bond motifs is 2. The molecular formula is C25H22N4O2S. The first-order valence-electron chi connectivity index (χ1n) is 10.3. The molecule has 0 N–H and O–H groups in total. The van der Waals surface area contributed by atoms with E-state index in [1.54, 1.807) is 11.7 Å². The third-order valence-corrected chi connectivity index (χ3v) is 6.37. The summed E-state index contributed by atoms with van der Waals surface area (Å²) in [6.07, 6.45) is 4.01. The summed E-state index contributed by atoms with van der Waals surface area (Å²) in [5, 5.41) is 1.18. The zero-order chi connectivity index (χ0) is 22.2. The van der Waals surface area contributed by atoms with Gasteiger partial charge in [0.05, 0.1) is 29.4 Å². The molecular weight excluding hydrogens is 420 g/mol. The quantitative estimate of drug-likeness (QED) is 0.285. The van der Waals surface area contributed by atoms with E-state index in [1.165, 1.54) is 11.8 Å². The van der Waals surface area contributed by atoms with Crippen molar-refractivity contribution < 1.29 is 4.74 Å². The molecule has 0 aliphatic rings. The Morgan fingerprint density at radius 3 is 2.69 bits per heavy atom. The van der Waals surface area contributed by atoms with E-state index in [0.717, 1.165) is 22.5 Å². The molecule has 0 aliphatic carbocycles. The van der Waals surface area contributed by atoms with Crippen molar-refractivity contribution >= 4 is 28.3 Å². The fourth-order valence-electron chi connectivity index (χ4n) is 3.81. The number of ether oxygens (including phenoxy) is 1. The third-order valence-electron chi connectivity index (χ3n) is 5.40. The maximum atomic E-state index is 13.6. The van der Waals surface area contributed by atoms with Gasteiger partial charge in [-0.25, -0.2) is 9.97 Å². The highest BCUT2D eigenvalue weighted by Crippen LogP contribution is 2.29. The molecule has 2 aromatic carbocycles. The number of aryl methyl sites for hydroxylation is 2. The van der Waals surface area contributed by atoms with Crippen LogP contribution in [0, 0.1) is 13.8 Å². The van der Waals surface area contributed by atoms with Crippen molar-refractivity contribution in [3.63, 3.8) is 0 Å². The minimum atomic E-state index is -0.118. The first-order valence-corrected chi connectivity index (χ1v) is 11.3. The molecule has 0 bridgehead atoms. The van der Waals surface area contributed by atoms with Gasteiger partial charge in [-0.3, -0.25) is 9.36 Å². The Bertz CT molecular complexity index is 1520. The number of benzene rings is 2. The molecule has 5 aromatic rings. The zero-order valence-electron chi connectivity index (χ0n) is 18.1. The lowest BCUT2D eigenvalue weighted by atomic mass is 10.2. The third kappa shape index (κ3) is 3.54. The molecule has 0 fully saturated rings. The second-order valence-electron chi connectivity index (χ2n) is 7.67. The molecule has 160 valence electrons. The van der Waals surface area contributed by atoms with E-state index in [4.69, 9.17) is 14.7 Å². The van der Waals surface area contributed by atoms with Gasteiger partial charge in [0.2, 0.25) is 0 Å². The summed E-state index contributed by atoms with van der Waals surface area (Å²) >= 11 is 1.49. The molecule has 0 spiro atoms. The summed E-state index contributed by atoms with van der Waals surface area (Å²) in [4.78, 5) is 23.2. The summed E-state index contributed by atoms with van der Waals surface area (Å²) in [6, 6.07) is 17.3. The van der Waals surface area contributed by atoms with Gasteiger partial charge in [-0.15, -0.1) is 0 Å². The Morgan fingerprint density at radius 2 is 1.88 bits per heavy atom. The highest BCUT2D eigenvalue weighted by molar-refractivity contribution is 7.98. The topological polar surface area (TPSA) is 61.4 Å². The van der Waals surface area contributed by atoms with Gasteiger partial charge in [0.15, 0.2) is 5.16 Å². The number of methoxy groups -OCH3 is 1. The highest BCUT2D eigenvalue weighted by atomic mass is 32.2. The molecule has 6 nitrogen and oxygen atoms in total. The molecule has 0 saturated carbocycles. The van der Waals surface area contributed by atoms with Crippen molar-refractivity contribution in [2.24, 2.45) is 0 Å². The van der Waals surface area contributed by atoms with E-state index in [2.05, 4.69) is 0 Å². The van der Waals surface area contributed by atoms with Gasteiger partial charge in [0.1, 0.15) is 11.4 Å². The van der Waals surface area contributed by atoms with Crippen LogP contribution in [0.25, 0.3) is 22.2 Å². The summed E-state index contributed by atoms with van der Waals surface area (Å²) in [7, 11) is 1.61. The van der Waals surface area contributed by atoms with E-state index < -0.39 is 0 Å². The lowest BCUT2D eigenvalue weighted by Crippen LogP contribution is -2.22. The van der Waals surface area contributed by atoms with Crippen molar-refractivity contribution in [1.82, 2.24) is 18.9 Å². The number of hydrogen-bond donors (Lipinski definition) is 0. The lowest BCUT2D eigenvalue weighted by Gasteiger charge is -2.16. The van der Waals surface area contributed by atoms with Gasteiger partial charge < -0.3 is 9.14 Å². The number of aromatic nitrogens is 4. The standard InChI is InChI=1S/C25H22N4O2S/c1-16-10-11-22(31-3)21(13-16)29-24(30)19-8-4-5-9-20(19)27-25(29)32-15-18-14-28-12-6-7-17(2)23(28)26-18/h4-14H,15H2,1-3H3. The molecule has 3 aromatic heterocycles. The molecule has 0 amide bonds. The average molecular weight is 443 g/mol. The van der Waals surface area contributed by atoms with Gasteiger partial charge in [0, 0.05) is 18.1 Å². The Kier molecular flexibility index (Phi) is 5.19. The average Bonchev–Trinajstić information content (AvgIpc) is 3.22. The summed E-state index contributed by atoms with van der Waals surface area (Å²) in [6.45, 7) is 4.04. The van der Waals surface area contributed by atoms with Crippen LogP contribution in [-0.4, -0.2) is 26.0 Å². The van der Waals surface area contributed by atoms with E-state index in [9.17, 15) is 4.79 Å². The van der Waals surface area contributed by atoms with Crippen LogP contribution in [0.3, 0.4) is 0 Å². The van der Waals surface area contributed by atoms with Crippen molar-refractivity contribution in [1.29, 1.82) is 0 Å². The minimum absolute atomic E-state index is 0.118. The maximum absolute atomic E-state index is 13.6. The number of thioether (sulfide) groups is 1. The highest BCUT2D eigenvalue weighted by Gasteiger charge is 2.17. The zero-order valence-corrected chi connectivity index (χ0v) is 18.9. The molecule has 0 saturated heterocycles. The lowest BCUT2D eigenvalue weighted by molar-refractivity contribution is 0.411. The maximum Gasteiger partial charge on any atom is 0.266 e. The number of imidazole rings is 1. The van der Waals surface area contributed by atoms with E-state index in [1.807, 2.05) is 85.2 Å². The van der Waals surface area contributed by atoms with E-state index in [0.29, 0.717) is 33.2 Å². The molecule has 3 heterocycles. The Morgan fingerprint density at radius 1 is 1.03 bits per heavy atom. The summed E-state index contributed by atoms with van der Waals surface area (Å²) in [5.74, 6) is 1.21. The number of nitrogens with zero attached hydrogens (tertiary/aromatic N) is 4. The number of hydrogen-bond acceptors (Lipinski definition) is 5. The molecule has 0 atom stereocenters. The smallest absolute Gasteiger partial charge is 0.266 e. The van der Waals surface area contributed by atoms with Crippen LogP contribution in [0.5, 0.6) is 5.75 Å². The second kappa shape index (κ2) is 8.16. The van der Waals surface area contributed by atoms with Crippen LogP contribution >= 0.6 is 11.8 Å².